The lowest BCUT2D eigenvalue weighted by Gasteiger charge is -2.11. The third kappa shape index (κ3) is 3.34. The molecule has 0 unspecified atom stereocenters. The van der Waals surface area contributed by atoms with E-state index in [0.29, 0.717) is 5.16 Å². The SMILES string of the molecule is CNCc1cc(Br)ccc1Sc1n[nH]c(=O)n1C(C)C. The summed E-state index contributed by atoms with van der Waals surface area (Å²) in [5.74, 6) is 0. The van der Waals surface area contributed by atoms with Crippen molar-refractivity contribution in [3.63, 3.8) is 0 Å². The molecular formula is C13H17BrN4OS. The first-order valence-corrected chi connectivity index (χ1v) is 7.91. The number of halogens is 1. The highest BCUT2D eigenvalue weighted by Crippen LogP contribution is 2.31. The van der Waals surface area contributed by atoms with Crippen molar-refractivity contribution in [2.24, 2.45) is 0 Å². The maximum absolute atomic E-state index is 11.7. The van der Waals surface area contributed by atoms with Crippen LogP contribution in [-0.4, -0.2) is 21.8 Å². The van der Waals surface area contributed by atoms with Crippen molar-refractivity contribution in [3.05, 3.63) is 38.7 Å². The monoisotopic (exact) mass is 356 g/mol. The molecular weight excluding hydrogens is 340 g/mol. The minimum Gasteiger partial charge on any atom is -0.316 e. The summed E-state index contributed by atoms with van der Waals surface area (Å²) < 4.78 is 2.70. The Labute approximate surface area is 130 Å². The number of benzene rings is 1. The smallest absolute Gasteiger partial charge is 0.316 e. The lowest BCUT2D eigenvalue weighted by molar-refractivity contribution is 0.534. The zero-order chi connectivity index (χ0) is 14.7. The molecule has 1 aromatic carbocycles. The number of rotatable bonds is 5. The van der Waals surface area contributed by atoms with Gasteiger partial charge in [0.1, 0.15) is 0 Å². The average Bonchev–Trinajstić information content (AvgIpc) is 2.74. The second-order valence-electron chi connectivity index (χ2n) is 4.66. The van der Waals surface area contributed by atoms with Crippen LogP contribution in [0.1, 0.15) is 25.5 Å². The molecule has 0 spiro atoms. The van der Waals surface area contributed by atoms with E-state index in [0.717, 1.165) is 21.5 Å². The quantitative estimate of drug-likeness (QED) is 0.864. The van der Waals surface area contributed by atoms with Crippen LogP contribution in [0.4, 0.5) is 0 Å². The number of aromatic amines is 1. The molecule has 1 heterocycles. The van der Waals surface area contributed by atoms with E-state index in [4.69, 9.17) is 0 Å². The molecule has 0 radical (unpaired) electrons. The topological polar surface area (TPSA) is 62.7 Å². The molecule has 0 aliphatic heterocycles. The Hall–Kier alpha value is -1.05. The fourth-order valence-corrected chi connectivity index (χ4v) is 3.38. The molecule has 2 aromatic rings. The summed E-state index contributed by atoms with van der Waals surface area (Å²) in [6, 6.07) is 6.17. The van der Waals surface area contributed by atoms with Crippen LogP contribution in [0.15, 0.2) is 37.5 Å². The van der Waals surface area contributed by atoms with E-state index in [1.54, 1.807) is 4.57 Å². The van der Waals surface area contributed by atoms with Crippen molar-refractivity contribution in [2.75, 3.05) is 7.05 Å². The molecule has 2 N–H and O–H groups in total. The van der Waals surface area contributed by atoms with Crippen molar-refractivity contribution in [1.29, 1.82) is 0 Å². The van der Waals surface area contributed by atoms with Crippen molar-refractivity contribution in [3.8, 4) is 0 Å². The number of hydrogen-bond donors (Lipinski definition) is 2. The van der Waals surface area contributed by atoms with Crippen molar-refractivity contribution >= 4 is 27.7 Å². The summed E-state index contributed by atoms with van der Waals surface area (Å²) in [6.45, 7) is 4.70. The first kappa shape index (κ1) is 15.3. The molecule has 20 heavy (non-hydrogen) atoms. The normalized spacial score (nSPS) is 11.2. The third-order valence-electron chi connectivity index (χ3n) is 2.78. The molecule has 0 amide bonds. The van der Waals surface area contributed by atoms with Gasteiger partial charge >= 0.3 is 5.69 Å². The van der Waals surface area contributed by atoms with E-state index in [9.17, 15) is 4.79 Å². The Morgan fingerprint density at radius 3 is 2.90 bits per heavy atom. The van der Waals surface area contributed by atoms with E-state index < -0.39 is 0 Å². The van der Waals surface area contributed by atoms with Crippen molar-refractivity contribution < 1.29 is 0 Å². The van der Waals surface area contributed by atoms with E-state index in [1.807, 2.05) is 33.0 Å². The fraction of sp³-hybridized carbons (Fsp3) is 0.385. The highest BCUT2D eigenvalue weighted by molar-refractivity contribution is 9.10. The minimum atomic E-state index is -0.172. The van der Waals surface area contributed by atoms with Gasteiger partial charge < -0.3 is 5.32 Å². The minimum absolute atomic E-state index is 0.0759. The summed E-state index contributed by atoms with van der Waals surface area (Å²) >= 11 is 4.98. The Balaban J connectivity index is 2.37. The molecule has 0 saturated heterocycles. The summed E-state index contributed by atoms with van der Waals surface area (Å²) in [6.07, 6.45) is 0. The summed E-state index contributed by atoms with van der Waals surface area (Å²) in [5, 5.41) is 10.5. The van der Waals surface area contributed by atoms with E-state index in [-0.39, 0.29) is 11.7 Å². The Bertz CT molecular complexity index is 650. The Morgan fingerprint density at radius 2 is 2.25 bits per heavy atom. The van der Waals surface area contributed by atoms with Gasteiger partial charge in [0.25, 0.3) is 0 Å². The molecule has 108 valence electrons. The van der Waals surface area contributed by atoms with E-state index >= 15 is 0 Å². The van der Waals surface area contributed by atoms with Gasteiger partial charge in [-0.25, -0.2) is 9.89 Å². The maximum atomic E-state index is 11.7. The molecule has 0 aliphatic carbocycles. The van der Waals surface area contributed by atoms with Crippen LogP contribution in [0.25, 0.3) is 0 Å². The van der Waals surface area contributed by atoms with Crippen LogP contribution < -0.4 is 11.0 Å². The molecule has 7 heteroatoms. The molecule has 0 fully saturated rings. The zero-order valence-corrected chi connectivity index (χ0v) is 14.0. The fourth-order valence-electron chi connectivity index (χ4n) is 1.89. The molecule has 5 nitrogen and oxygen atoms in total. The van der Waals surface area contributed by atoms with Gasteiger partial charge in [0.15, 0.2) is 5.16 Å². The Morgan fingerprint density at radius 1 is 1.50 bits per heavy atom. The van der Waals surface area contributed by atoms with Gasteiger partial charge in [0, 0.05) is 22.0 Å². The van der Waals surface area contributed by atoms with Crippen molar-refractivity contribution in [1.82, 2.24) is 20.1 Å². The lowest BCUT2D eigenvalue weighted by Crippen LogP contribution is -2.19. The average molecular weight is 357 g/mol. The van der Waals surface area contributed by atoms with Crippen LogP contribution in [0.5, 0.6) is 0 Å². The van der Waals surface area contributed by atoms with E-state index in [1.165, 1.54) is 11.8 Å². The van der Waals surface area contributed by atoms with Crippen LogP contribution in [0.3, 0.4) is 0 Å². The summed E-state index contributed by atoms with van der Waals surface area (Å²) in [7, 11) is 1.91. The Kier molecular flexibility index (Phi) is 5.06. The molecule has 0 atom stereocenters. The highest BCUT2D eigenvalue weighted by atomic mass is 79.9. The van der Waals surface area contributed by atoms with Gasteiger partial charge in [-0.05, 0) is 56.4 Å². The third-order valence-corrected chi connectivity index (χ3v) is 4.36. The second-order valence-corrected chi connectivity index (χ2v) is 6.58. The van der Waals surface area contributed by atoms with Gasteiger partial charge in [0.05, 0.1) is 0 Å². The summed E-state index contributed by atoms with van der Waals surface area (Å²) in [5.41, 5.74) is 0.993. The number of nitrogens with one attached hydrogen (secondary N) is 2. The number of nitrogens with zero attached hydrogens (tertiary/aromatic N) is 2. The molecule has 0 aliphatic rings. The van der Waals surface area contributed by atoms with Crippen LogP contribution >= 0.6 is 27.7 Å². The molecule has 2 rings (SSSR count). The van der Waals surface area contributed by atoms with Gasteiger partial charge in [-0.15, -0.1) is 5.10 Å². The number of H-pyrrole nitrogens is 1. The predicted molar refractivity (Wildman–Crippen MR) is 84.3 cm³/mol. The van der Waals surface area contributed by atoms with Crippen LogP contribution in [-0.2, 0) is 6.54 Å². The first-order valence-electron chi connectivity index (χ1n) is 6.30. The second kappa shape index (κ2) is 6.60. The molecule has 0 bridgehead atoms. The van der Waals surface area contributed by atoms with Crippen molar-refractivity contribution in [2.45, 2.75) is 36.5 Å². The summed E-state index contributed by atoms with van der Waals surface area (Å²) in [4.78, 5) is 12.8. The number of hydrogen-bond acceptors (Lipinski definition) is 4. The molecule has 0 saturated carbocycles. The van der Waals surface area contributed by atoms with Gasteiger partial charge in [0.2, 0.25) is 0 Å². The first-order chi connectivity index (χ1) is 9.52. The standard InChI is InChI=1S/C13H17BrN4OS/c1-8(2)18-12(19)16-17-13(18)20-11-5-4-10(14)6-9(11)7-15-3/h4-6,8,15H,7H2,1-3H3,(H,16,19). The largest absolute Gasteiger partial charge is 0.344 e. The van der Waals surface area contributed by atoms with E-state index in [2.05, 4.69) is 37.5 Å². The predicted octanol–water partition coefficient (Wildman–Crippen LogP) is 2.79. The molecule has 1 aromatic heterocycles. The van der Waals surface area contributed by atoms with Gasteiger partial charge in [-0.1, -0.05) is 15.9 Å². The van der Waals surface area contributed by atoms with Crippen LogP contribution in [0, 0.1) is 0 Å². The van der Waals surface area contributed by atoms with Crippen LogP contribution in [0.2, 0.25) is 0 Å². The number of aromatic nitrogens is 3. The maximum Gasteiger partial charge on any atom is 0.344 e. The van der Waals surface area contributed by atoms with Gasteiger partial charge in [-0.3, -0.25) is 4.57 Å². The zero-order valence-electron chi connectivity index (χ0n) is 11.6. The highest BCUT2D eigenvalue weighted by Gasteiger charge is 2.14. The lowest BCUT2D eigenvalue weighted by atomic mass is 10.2. The van der Waals surface area contributed by atoms with Gasteiger partial charge in [-0.2, -0.15) is 0 Å².